The van der Waals surface area contributed by atoms with E-state index < -0.39 is 0 Å². The van der Waals surface area contributed by atoms with Gasteiger partial charge in [0.2, 0.25) is 0 Å². The fraction of sp³-hybridized carbons (Fsp3) is 0.875. The topological polar surface area (TPSA) is 3.24 Å². The molecule has 2 aliphatic heterocycles. The fourth-order valence-corrected chi connectivity index (χ4v) is 2.73. The Morgan fingerprint density at radius 1 is 1.20 bits per heavy atom. The summed E-state index contributed by atoms with van der Waals surface area (Å²) in [5.41, 5.74) is 0.370. The highest BCUT2D eigenvalue weighted by Gasteiger charge is 2.41. The Morgan fingerprint density at radius 3 is 2.20 bits per heavy atom. The summed E-state index contributed by atoms with van der Waals surface area (Å²) in [6.45, 7) is 2.57. The van der Waals surface area contributed by atoms with Crippen molar-refractivity contribution in [3.8, 4) is 0 Å². The van der Waals surface area contributed by atoms with Crippen molar-refractivity contribution in [3.05, 3.63) is 0 Å². The average molecular weight is 155 g/mol. The van der Waals surface area contributed by atoms with Crippen molar-refractivity contribution < 1.29 is 0 Å². The third-order valence-corrected chi connectivity index (χ3v) is 3.36. The van der Waals surface area contributed by atoms with Crippen LogP contribution in [0.4, 0.5) is 0 Å². The molecule has 0 spiro atoms. The van der Waals surface area contributed by atoms with Crippen molar-refractivity contribution in [1.82, 2.24) is 4.90 Å². The number of thiocarbonyl (C=S) groups is 1. The van der Waals surface area contributed by atoms with Gasteiger partial charge >= 0.3 is 0 Å². The van der Waals surface area contributed by atoms with E-state index in [0.717, 1.165) is 0 Å². The van der Waals surface area contributed by atoms with Crippen molar-refractivity contribution in [2.75, 3.05) is 13.1 Å². The first-order chi connectivity index (χ1) is 4.87. The summed E-state index contributed by atoms with van der Waals surface area (Å²) >= 11 is 5.07. The summed E-state index contributed by atoms with van der Waals surface area (Å²) in [7, 11) is 0. The van der Waals surface area contributed by atoms with Gasteiger partial charge < -0.3 is 0 Å². The van der Waals surface area contributed by atoms with Gasteiger partial charge in [-0.1, -0.05) is 12.2 Å². The van der Waals surface area contributed by atoms with Gasteiger partial charge in [-0.2, -0.15) is 0 Å². The van der Waals surface area contributed by atoms with Crippen LogP contribution in [0.2, 0.25) is 0 Å². The highest BCUT2D eigenvalue weighted by molar-refractivity contribution is 7.79. The van der Waals surface area contributed by atoms with Crippen LogP contribution < -0.4 is 0 Å². The zero-order valence-electron chi connectivity index (χ0n) is 6.18. The van der Waals surface area contributed by atoms with Gasteiger partial charge in [-0.25, -0.2) is 0 Å². The van der Waals surface area contributed by atoms with E-state index >= 15 is 0 Å². The SMILES string of the molecule is S=CC12CCCN1CCC2. The molecule has 0 aliphatic carbocycles. The highest BCUT2D eigenvalue weighted by atomic mass is 32.1. The van der Waals surface area contributed by atoms with Crippen LogP contribution in [-0.4, -0.2) is 28.9 Å². The van der Waals surface area contributed by atoms with Gasteiger partial charge in [0.05, 0.1) is 0 Å². The third kappa shape index (κ3) is 0.753. The molecule has 2 saturated heterocycles. The zero-order valence-corrected chi connectivity index (χ0v) is 6.99. The quantitative estimate of drug-likeness (QED) is 0.529. The molecule has 0 radical (unpaired) electrons. The normalized spacial score (nSPS) is 30.4. The lowest BCUT2D eigenvalue weighted by molar-refractivity contribution is 0.278. The number of rotatable bonds is 1. The molecular formula is C8H13NS. The van der Waals surface area contributed by atoms with Gasteiger partial charge in [0.15, 0.2) is 0 Å². The van der Waals surface area contributed by atoms with Crippen LogP contribution in [0.1, 0.15) is 25.7 Å². The Morgan fingerprint density at radius 2 is 1.80 bits per heavy atom. The van der Waals surface area contributed by atoms with Crippen LogP contribution in [0.3, 0.4) is 0 Å². The largest absolute Gasteiger partial charge is 0.293 e. The smallest absolute Gasteiger partial charge is 0.0494 e. The molecule has 2 heteroatoms. The minimum absolute atomic E-state index is 0.370. The Balaban J connectivity index is 2.23. The van der Waals surface area contributed by atoms with Crippen LogP contribution in [0.25, 0.3) is 0 Å². The van der Waals surface area contributed by atoms with Crippen molar-refractivity contribution in [3.63, 3.8) is 0 Å². The molecule has 0 atom stereocenters. The van der Waals surface area contributed by atoms with Crippen molar-refractivity contribution in [2.24, 2.45) is 0 Å². The van der Waals surface area contributed by atoms with Crippen LogP contribution in [-0.2, 0) is 0 Å². The second-order valence-electron chi connectivity index (χ2n) is 3.42. The minimum Gasteiger partial charge on any atom is -0.293 e. The van der Waals surface area contributed by atoms with E-state index in [-0.39, 0.29) is 0 Å². The van der Waals surface area contributed by atoms with E-state index in [1.165, 1.54) is 38.8 Å². The number of nitrogens with zero attached hydrogens (tertiary/aromatic N) is 1. The van der Waals surface area contributed by atoms with Gasteiger partial charge in [0.25, 0.3) is 0 Å². The molecule has 10 heavy (non-hydrogen) atoms. The maximum Gasteiger partial charge on any atom is 0.0494 e. The second-order valence-corrected chi connectivity index (χ2v) is 3.65. The molecule has 56 valence electrons. The molecule has 0 unspecified atom stereocenters. The lowest BCUT2D eigenvalue weighted by Crippen LogP contribution is -2.38. The Bertz CT molecular complexity index is 145. The molecule has 0 aromatic heterocycles. The van der Waals surface area contributed by atoms with E-state index in [0.29, 0.717) is 5.54 Å². The lowest BCUT2D eigenvalue weighted by Gasteiger charge is -2.26. The maximum atomic E-state index is 5.07. The molecule has 2 aliphatic rings. The standard InChI is InChI=1S/C8H13NS/c10-7-8-3-1-5-9(8)6-2-4-8/h7H,1-6H2. The number of hydrogen-bond donors (Lipinski definition) is 0. The van der Waals surface area contributed by atoms with Gasteiger partial charge in [0, 0.05) is 5.54 Å². The molecule has 0 aromatic carbocycles. The van der Waals surface area contributed by atoms with E-state index in [2.05, 4.69) is 4.90 Å². The molecule has 2 heterocycles. The fourth-order valence-electron chi connectivity index (χ4n) is 2.34. The highest BCUT2D eigenvalue weighted by Crippen LogP contribution is 2.37. The van der Waals surface area contributed by atoms with Crippen LogP contribution in [0.5, 0.6) is 0 Å². The van der Waals surface area contributed by atoms with Crippen LogP contribution >= 0.6 is 12.2 Å². The van der Waals surface area contributed by atoms with Crippen LogP contribution in [0, 0.1) is 0 Å². The molecule has 1 nitrogen and oxygen atoms in total. The summed E-state index contributed by atoms with van der Waals surface area (Å²) in [4.78, 5) is 2.56. The summed E-state index contributed by atoms with van der Waals surface area (Å²) in [5.74, 6) is 0. The summed E-state index contributed by atoms with van der Waals surface area (Å²) in [5, 5.41) is 2.01. The summed E-state index contributed by atoms with van der Waals surface area (Å²) < 4.78 is 0. The Labute approximate surface area is 67.4 Å². The predicted molar refractivity (Wildman–Crippen MR) is 46.4 cm³/mol. The molecule has 0 saturated carbocycles. The third-order valence-electron chi connectivity index (χ3n) is 2.92. The van der Waals surface area contributed by atoms with Crippen LogP contribution in [0.15, 0.2) is 0 Å². The van der Waals surface area contributed by atoms with E-state index in [4.69, 9.17) is 12.2 Å². The molecule has 0 N–H and O–H groups in total. The summed E-state index contributed by atoms with van der Waals surface area (Å²) in [6.07, 6.45) is 5.34. The van der Waals surface area contributed by atoms with Gasteiger partial charge in [0.1, 0.15) is 0 Å². The predicted octanol–water partition coefficient (Wildman–Crippen LogP) is 1.61. The Kier molecular flexibility index (Phi) is 1.53. The lowest BCUT2D eigenvalue weighted by atomic mass is 9.97. The maximum absolute atomic E-state index is 5.07. The molecule has 2 fully saturated rings. The van der Waals surface area contributed by atoms with E-state index in [1.807, 2.05) is 5.37 Å². The van der Waals surface area contributed by atoms with E-state index in [1.54, 1.807) is 0 Å². The van der Waals surface area contributed by atoms with Crippen molar-refractivity contribution in [2.45, 2.75) is 31.2 Å². The second kappa shape index (κ2) is 2.28. The van der Waals surface area contributed by atoms with Gasteiger partial charge in [-0.15, -0.1) is 0 Å². The first-order valence-electron chi connectivity index (χ1n) is 4.09. The molecule has 0 bridgehead atoms. The van der Waals surface area contributed by atoms with Crippen molar-refractivity contribution in [1.29, 1.82) is 0 Å². The van der Waals surface area contributed by atoms with Gasteiger partial charge in [-0.05, 0) is 44.1 Å². The van der Waals surface area contributed by atoms with E-state index in [9.17, 15) is 0 Å². The van der Waals surface area contributed by atoms with Gasteiger partial charge in [-0.3, -0.25) is 4.90 Å². The minimum atomic E-state index is 0.370. The molecule has 0 aromatic rings. The zero-order chi connectivity index (χ0) is 7.03. The number of hydrogen-bond acceptors (Lipinski definition) is 2. The first-order valence-corrected chi connectivity index (χ1v) is 4.56. The first kappa shape index (κ1) is 6.74. The monoisotopic (exact) mass is 155 g/mol. The molecule has 0 amide bonds. The average Bonchev–Trinajstić information content (AvgIpc) is 2.42. The molecule has 2 rings (SSSR count). The Hall–Kier alpha value is 0.0500. The number of fused-ring (bicyclic) bond motifs is 1. The molecular weight excluding hydrogens is 142 g/mol. The summed E-state index contributed by atoms with van der Waals surface area (Å²) in [6, 6.07) is 0. The van der Waals surface area contributed by atoms with Crippen molar-refractivity contribution >= 4 is 17.6 Å².